The van der Waals surface area contributed by atoms with Crippen molar-refractivity contribution < 1.29 is 14.3 Å². The quantitative estimate of drug-likeness (QED) is 0.655. The Kier molecular flexibility index (Phi) is 5.29. The number of nitrogen functional groups attached to an aromatic ring is 1. The number of benzene rings is 2. The zero-order chi connectivity index (χ0) is 21.3. The lowest BCUT2D eigenvalue weighted by molar-refractivity contribution is 0.0629. The van der Waals surface area contributed by atoms with Crippen LogP contribution < -0.4 is 16.2 Å². The Bertz CT molecular complexity index is 1130. The molecule has 7 nitrogen and oxygen atoms in total. The molecule has 0 spiro atoms. The third kappa shape index (κ3) is 3.67. The number of nitrogens with zero attached hydrogens (tertiary/aromatic N) is 2. The van der Waals surface area contributed by atoms with E-state index in [-0.39, 0.29) is 30.4 Å². The summed E-state index contributed by atoms with van der Waals surface area (Å²) < 4.78 is 5.79. The first-order valence-corrected chi connectivity index (χ1v) is 9.65. The molecule has 4 N–H and O–H groups in total. The van der Waals surface area contributed by atoms with Gasteiger partial charge in [-0.3, -0.25) is 9.59 Å². The first kappa shape index (κ1) is 19.7. The van der Waals surface area contributed by atoms with Gasteiger partial charge in [0, 0.05) is 28.9 Å². The first-order valence-electron chi connectivity index (χ1n) is 9.27. The fourth-order valence-electron chi connectivity index (χ4n) is 3.59. The number of carbonyl (C=O) groups is 2. The number of aromatic nitrogens is 1. The highest BCUT2D eigenvalue weighted by atomic mass is 35.5. The van der Waals surface area contributed by atoms with Crippen molar-refractivity contribution in [2.45, 2.75) is 12.6 Å². The first-order chi connectivity index (χ1) is 14.5. The second-order valence-electron chi connectivity index (χ2n) is 6.90. The number of hydrogen-bond donors (Lipinski definition) is 2. The fourth-order valence-corrected chi connectivity index (χ4v) is 3.77. The average Bonchev–Trinajstić information content (AvgIpc) is 3.15. The number of carbonyl (C=O) groups excluding carboxylic acids is 2. The lowest BCUT2D eigenvalue weighted by atomic mass is 10.0. The number of primary amides is 1. The van der Waals surface area contributed by atoms with Crippen LogP contribution in [-0.2, 0) is 6.54 Å². The summed E-state index contributed by atoms with van der Waals surface area (Å²) in [6.07, 6.45) is 1.52. The topological polar surface area (TPSA) is 112 Å². The predicted octanol–water partition coefficient (Wildman–Crippen LogP) is 3.19. The molecular weight excluding hydrogens is 404 g/mol. The molecule has 0 fully saturated rings. The molecule has 8 heteroatoms. The van der Waals surface area contributed by atoms with E-state index in [9.17, 15) is 9.59 Å². The third-order valence-electron chi connectivity index (χ3n) is 5.06. The molecule has 1 atom stereocenters. The molecule has 2 amide bonds. The molecule has 2 aromatic carbocycles. The predicted molar refractivity (Wildman–Crippen MR) is 113 cm³/mol. The average molecular weight is 423 g/mol. The molecule has 152 valence electrons. The van der Waals surface area contributed by atoms with Crippen molar-refractivity contribution in [2.75, 3.05) is 12.3 Å². The molecule has 0 radical (unpaired) electrons. The normalized spacial score (nSPS) is 14.6. The summed E-state index contributed by atoms with van der Waals surface area (Å²) in [5.41, 5.74) is 13.5. The molecule has 3 aromatic rings. The van der Waals surface area contributed by atoms with Crippen LogP contribution in [0.15, 0.2) is 60.8 Å². The number of amides is 2. The molecular formula is C22H19ClN4O3. The van der Waals surface area contributed by atoms with Crippen LogP contribution in [-0.4, -0.2) is 28.3 Å². The number of rotatable bonds is 5. The van der Waals surface area contributed by atoms with Crippen LogP contribution >= 0.6 is 11.6 Å². The number of anilines is 1. The minimum Gasteiger partial charge on any atom is -0.491 e. The van der Waals surface area contributed by atoms with E-state index in [4.69, 9.17) is 27.8 Å². The van der Waals surface area contributed by atoms with Crippen LogP contribution in [0, 0.1) is 0 Å². The van der Waals surface area contributed by atoms with Crippen molar-refractivity contribution in [1.29, 1.82) is 0 Å². The summed E-state index contributed by atoms with van der Waals surface area (Å²) in [5.74, 6) is -0.114. The standard InChI is InChI=1S/C22H19ClN4O3/c23-14-7-8-19-17(10-14)18(12-30-19)27(22(29)16-6-3-9-26-20(16)24)11-13-4-1-2-5-15(13)21(25)28/h1-10,18H,11-12H2,(H2,24,26)(H2,25,28). The van der Waals surface area contributed by atoms with Gasteiger partial charge in [0.1, 0.15) is 18.2 Å². The highest BCUT2D eigenvalue weighted by Crippen LogP contribution is 2.39. The minimum atomic E-state index is -0.565. The van der Waals surface area contributed by atoms with Crippen molar-refractivity contribution in [2.24, 2.45) is 5.73 Å². The summed E-state index contributed by atoms with van der Waals surface area (Å²) >= 11 is 6.19. The van der Waals surface area contributed by atoms with Gasteiger partial charge in [0.2, 0.25) is 5.91 Å². The Morgan fingerprint density at radius 1 is 1.13 bits per heavy atom. The summed E-state index contributed by atoms with van der Waals surface area (Å²) in [4.78, 5) is 31.1. The molecule has 2 heterocycles. The van der Waals surface area contributed by atoms with E-state index in [0.29, 0.717) is 21.9 Å². The fraction of sp³-hybridized carbons (Fsp3) is 0.136. The number of ether oxygens (including phenoxy) is 1. The van der Waals surface area contributed by atoms with Crippen molar-refractivity contribution in [3.05, 3.63) is 88.1 Å². The number of fused-ring (bicyclic) bond motifs is 1. The zero-order valence-corrected chi connectivity index (χ0v) is 16.7. The van der Waals surface area contributed by atoms with Gasteiger partial charge in [-0.1, -0.05) is 29.8 Å². The van der Waals surface area contributed by atoms with Crippen LogP contribution in [0.25, 0.3) is 0 Å². The molecule has 1 aliphatic heterocycles. The van der Waals surface area contributed by atoms with Crippen LogP contribution in [0.4, 0.5) is 5.82 Å². The molecule has 0 aliphatic carbocycles. The highest BCUT2D eigenvalue weighted by Gasteiger charge is 2.34. The monoisotopic (exact) mass is 422 g/mol. The molecule has 0 bridgehead atoms. The third-order valence-corrected chi connectivity index (χ3v) is 5.29. The Morgan fingerprint density at radius 3 is 2.67 bits per heavy atom. The number of pyridine rings is 1. The van der Waals surface area contributed by atoms with Crippen molar-refractivity contribution >= 4 is 29.2 Å². The van der Waals surface area contributed by atoms with Gasteiger partial charge in [0.25, 0.3) is 5.91 Å². The van der Waals surface area contributed by atoms with E-state index in [0.717, 1.165) is 5.56 Å². The maximum atomic E-state index is 13.5. The molecule has 0 saturated carbocycles. The molecule has 1 aromatic heterocycles. The summed E-state index contributed by atoms with van der Waals surface area (Å²) in [6.45, 7) is 0.382. The van der Waals surface area contributed by atoms with E-state index in [2.05, 4.69) is 4.98 Å². The van der Waals surface area contributed by atoms with Crippen LogP contribution in [0.5, 0.6) is 5.75 Å². The van der Waals surface area contributed by atoms with Gasteiger partial charge >= 0.3 is 0 Å². The molecule has 4 rings (SSSR count). The minimum absolute atomic E-state index is 0.126. The largest absolute Gasteiger partial charge is 0.491 e. The second kappa shape index (κ2) is 8.04. The Morgan fingerprint density at radius 2 is 1.90 bits per heavy atom. The summed E-state index contributed by atoms with van der Waals surface area (Å²) in [5, 5.41) is 0.537. The molecule has 0 saturated heterocycles. The van der Waals surface area contributed by atoms with E-state index < -0.39 is 11.9 Å². The molecule has 30 heavy (non-hydrogen) atoms. The number of hydrogen-bond acceptors (Lipinski definition) is 5. The van der Waals surface area contributed by atoms with E-state index >= 15 is 0 Å². The van der Waals surface area contributed by atoms with Gasteiger partial charge in [-0.25, -0.2) is 4.98 Å². The van der Waals surface area contributed by atoms with E-state index in [1.54, 1.807) is 59.5 Å². The van der Waals surface area contributed by atoms with Crippen molar-refractivity contribution in [3.8, 4) is 5.75 Å². The Labute approximate surface area is 178 Å². The van der Waals surface area contributed by atoms with Crippen LogP contribution in [0.2, 0.25) is 5.02 Å². The molecule has 1 unspecified atom stereocenters. The smallest absolute Gasteiger partial charge is 0.258 e. The van der Waals surface area contributed by atoms with Gasteiger partial charge in [0.05, 0.1) is 11.6 Å². The maximum absolute atomic E-state index is 13.5. The van der Waals surface area contributed by atoms with E-state index in [1.165, 1.54) is 6.20 Å². The second-order valence-corrected chi connectivity index (χ2v) is 7.34. The Hall–Kier alpha value is -3.58. The summed E-state index contributed by atoms with van der Waals surface area (Å²) in [7, 11) is 0. The van der Waals surface area contributed by atoms with Crippen molar-refractivity contribution in [3.63, 3.8) is 0 Å². The lowest BCUT2D eigenvalue weighted by Crippen LogP contribution is -2.36. The van der Waals surface area contributed by atoms with Crippen molar-refractivity contribution in [1.82, 2.24) is 9.88 Å². The van der Waals surface area contributed by atoms with Gasteiger partial charge < -0.3 is 21.1 Å². The Balaban J connectivity index is 1.79. The van der Waals surface area contributed by atoms with Gasteiger partial charge in [0.15, 0.2) is 0 Å². The molecule has 1 aliphatic rings. The van der Waals surface area contributed by atoms with E-state index in [1.807, 2.05) is 0 Å². The SMILES string of the molecule is NC(=O)c1ccccc1CN(C(=O)c1cccnc1N)C1COc2ccc(Cl)cc21. The van der Waals surface area contributed by atoms with Gasteiger partial charge in [-0.15, -0.1) is 0 Å². The van der Waals surface area contributed by atoms with Gasteiger partial charge in [-0.05, 0) is 42.0 Å². The van der Waals surface area contributed by atoms with Crippen LogP contribution in [0.3, 0.4) is 0 Å². The highest BCUT2D eigenvalue weighted by molar-refractivity contribution is 6.30. The lowest BCUT2D eigenvalue weighted by Gasteiger charge is -2.29. The summed E-state index contributed by atoms with van der Waals surface area (Å²) in [6, 6.07) is 15.0. The maximum Gasteiger partial charge on any atom is 0.258 e. The van der Waals surface area contributed by atoms with Crippen LogP contribution in [0.1, 0.15) is 37.9 Å². The number of nitrogens with two attached hydrogens (primary N) is 2. The van der Waals surface area contributed by atoms with Gasteiger partial charge in [-0.2, -0.15) is 0 Å². The zero-order valence-electron chi connectivity index (χ0n) is 15.9. The number of halogens is 1.